The van der Waals surface area contributed by atoms with Crippen molar-refractivity contribution in [2.24, 2.45) is 0 Å². The van der Waals surface area contributed by atoms with Gasteiger partial charge in [0.1, 0.15) is 10.6 Å². The van der Waals surface area contributed by atoms with Gasteiger partial charge in [0.2, 0.25) is 15.9 Å². The highest BCUT2D eigenvalue weighted by Gasteiger charge is 2.36. The van der Waals surface area contributed by atoms with Crippen LogP contribution in [0.4, 0.5) is 5.69 Å². The van der Waals surface area contributed by atoms with E-state index in [1.54, 1.807) is 24.0 Å². The van der Waals surface area contributed by atoms with Gasteiger partial charge in [-0.2, -0.15) is 4.31 Å². The maximum absolute atomic E-state index is 13.2. The van der Waals surface area contributed by atoms with Gasteiger partial charge in [-0.05, 0) is 37.5 Å². The quantitative estimate of drug-likeness (QED) is 0.676. The number of amides is 1. The lowest BCUT2D eigenvalue weighted by molar-refractivity contribution is -0.117. The zero-order valence-corrected chi connectivity index (χ0v) is 17.8. The van der Waals surface area contributed by atoms with Gasteiger partial charge in [0.15, 0.2) is 9.84 Å². The summed E-state index contributed by atoms with van der Waals surface area (Å²) in [4.78, 5) is 13.6. The lowest BCUT2D eigenvalue weighted by Gasteiger charge is -2.31. The molecule has 2 aliphatic rings. The van der Waals surface area contributed by atoms with E-state index in [-0.39, 0.29) is 48.2 Å². The number of sulfone groups is 1. The SMILES string of the molecule is CCS(=O)(=O)C1CCN(S(=O)(=O)c2cc(N3CCCC3=O)ccc2OC)CC1. The molecule has 2 fully saturated rings. The minimum absolute atomic E-state index is 0.00370. The third kappa shape index (κ3) is 3.90. The van der Waals surface area contributed by atoms with Crippen LogP contribution in [-0.2, 0) is 24.7 Å². The van der Waals surface area contributed by atoms with E-state index >= 15 is 0 Å². The van der Waals surface area contributed by atoms with Crippen molar-refractivity contribution in [2.45, 2.75) is 42.8 Å². The number of hydrogen-bond donors (Lipinski definition) is 0. The van der Waals surface area contributed by atoms with Crippen molar-refractivity contribution in [3.63, 3.8) is 0 Å². The van der Waals surface area contributed by atoms with E-state index < -0.39 is 25.1 Å². The molecule has 0 unspecified atom stereocenters. The summed E-state index contributed by atoms with van der Waals surface area (Å²) < 4.78 is 57.2. The van der Waals surface area contributed by atoms with Crippen molar-refractivity contribution in [3.05, 3.63) is 18.2 Å². The minimum Gasteiger partial charge on any atom is -0.495 e. The van der Waals surface area contributed by atoms with E-state index in [2.05, 4.69) is 0 Å². The van der Waals surface area contributed by atoms with Crippen LogP contribution < -0.4 is 9.64 Å². The molecule has 3 rings (SSSR count). The number of hydrogen-bond acceptors (Lipinski definition) is 6. The van der Waals surface area contributed by atoms with Crippen molar-refractivity contribution in [1.82, 2.24) is 4.31 Å². The summed E-state index contributed by atoms with van der Waals surface area (Å²) in [6.07, 6.45) is 1.75. The molecule has 0 saturated carbocycles. The molecule has 0 aromatic heterocycles. The van der Waals surface area contributed by atoms with Gasteiger partial charge in [0.25, 0.3) is 0 Å². The summed E-state index contributed by atoms with van der Waals surface area (Å²) in [5.74, 6) is 0.238. The highest BCUT2D eigenvalue weighted by Crippen LogP contribution is 2.34. The Labute approximate surface area is 166 Å². The van der Waals surface area contributed by atoms with Gasteiger partial charge in [0, 0.05) is 37.5 Å². The summed E-state index contributed by atoms with van der Waals surface area (Å²) in [6, 6.07) is 4.72. The topological polar surface area (TPSA) is 101 Å². The van der Waals surface area contributed by atoms with E-state index in [1.807, 2.05) is 0 Å². The maximum Gasteiger partial charge on any atom is 0.246 e. The number of benzene rings is 1. The maximum atomic E-state index is 13.2. The van der Waals surface area contributed by atoms with Gasteiger partial charge in [-0.3, -0.25) is 4.79 Å². The Balaban J connectivity index is 1.88. The fraction of sp³-hybridized carbons (Fsp3) is 0.611. The second kappa shape index (κ2) is 8.00. The molecule has 0 aliphatic carbocycles. The van der Waals surface area contributed by atoms with Crippen molar-refractivity contribution < 1.29 is 26.4 Å². The number of carbonyl (C=O) groups excluding carboxylic acids is 1. The van der Waals surface area contributed by atoms with Crippen LogP contribution in [0.2, 0.25) is 0 Å². The number of nitrogens with zero attached hydrogens (tertiary/aromatic N) is 2. The lowest BCUT2D eigenvalue weighted by Crippen LogP contribution is -2.42. The number of anilines is 1. The average molecular weight is 431 g/mol. The molecule has 0 radical (unpaired) electrons. The highest BCUT2D eigenvalue weighted by atomic mass is 32.2. The first kappa shape index (κ1) is 21.1. The largest absolute Gasteiger partial charge is 0.495 e. The van der Waals surface area contributed by atoms with Gasteiger partial charge in [0.05, 0.1) is 12.4 Å². The molecule has 8 nitrogen and oxygen atoms in total. The van der Waals surface area contributed by atoms with Crippen LogP contribution in [0.15, 0.2) is 23.1 Å². The molecule has 0 N–H and O–H groups in total. The van der Waals surface area contributed by atoms with Gasteiger partial charge in [-0.25, -0.2) is 16.8 Å². The Morgan fingerprint density at radius 3 is 2.32 bits per heavy atom. The zero-order valence-electron chi connectivity index (χ0n) is 16.1. The van der Waals surface area contributed by atoms with E-state index in [4.69, 9.17) is 4.74 Å². The predicted molar refractivity (Wildman–Crippen MR) is 106 cm³/mol. The molecule has 2 saturated heterocycles. The summed E-state index contributed by atoms with van der Waals surface area (Å²) in [6.45, 7) is 2.45. The van der Waals surface area contributed by atoms with Crippen LogP contribution in [0, 0.1) is 0 Å². The fourth-order valence-corrected chi connectivity index (χ4v) is 6.81. The molecule has 1 amide bonds. The molecule has 10 heteroatoms. The molecule has 28 heavy (non-hydrogen) atoms. The third-order valence-electron chi connectivity index (χ3n) is 5.46. The molecular formula is C18H26N2O6S2. The van der Waals surface area contributed by atoms with Crippen molar-refractivity contribution in [1.29, 1.82) is 0 Å². The van der Waals surface area contributed by atoms with Crippen LogP contribution in [0.1, 0.15) is 32.6 Å². The van der Waals surface area contributed by atoms with E-state index in [0.717, 1.165) is 6.42 Å². The Bertz CT molecular complexity index is 950. The average Bonchev–Trinajstić information content (AvgIpc) is 3.13. The van der Waals surface area contributed by atoms with E-state index in [9.17, 15) is 21.6 Å². The molecule has 0 spiro atoms. The molecule has 0 bridgehead atoms. The Morgan fingerprint density at radius 2 is 1.79 bits per heavy atom. The van der Waals surface area contributed by atoms with Crippen molar-refractivity contribution in [3.8, 4) is 5.75 Å². The first-order valence-electron chi connectivity index (χ1n) is 9.41. The number of rotatable bonds is 6. The summed E-state index contributed by atoms with van der Waals surface area (Å²) >= 11 is 0. The van der Waals surface area contributed by atoms with E-state index in [0.29, 0.717) is 18.7 Å². The predicted octanol–water partition coefficient (Wildman–Crippen LogP) is 1.41. The van der Waals surface area contributed by atoms with Gasteiger partial charge in [-0.15, -0.1) is 0 Å². The molecule has 1 aromatic carbocycles. The molecule has 156 valence electrons. The Kier molecular flexibility index (Phi) is 6.02. The molecule has 2 heterocycles. The summed E-state index contributed by atoms with van der Waals surface area (Å²) in [7, 11) is -5.66. The molecule has 2 aliphatic heterocycles. The van der Waals surface area contributed by atoms with Gasteiger partial charge >= 0.3 is 0 Å². The monoisotopic (exact) mass is 430 g/mol. The zero-order chi connectivity index (χ0) is 20.5. The second-order valence-electron chi connectivity index (χ2n) is 7.04. The number of carbonyl (C=O) groups is 1. The van der Waals surface area contributed by atoms with Gasteiger partial charge in [-0.1, -0.05) is 6.92 Å². The number of ether oxygens (including phenoxy) is 1. The normalized spacial score (nSPS) is 19.9. The van der Waals surface area contributed by atoms with Crippen LogP contribution in [0.5, 0.6) is 5.75 Å². The number of piperidine rings is 1. The molecule has 0 atom stereocenters. The second-order valence-corrected chi connectivity index (χ2v) is 11.5. The van der Waals surface area contributed by atoms with Crippen molar-refractivity contribution >= 4 is 31.5 Å². The van der Waals surface area contributed by atoms with Crippen molar-refractivity contribution in [2.75, 3.05) is 37.4 Å². The summed E-state index contributed by atoms with van der Waals surface area (Å²) in [5.41, 5.74) is 0.533. The number of methoxy groups -OCH3 is 1. The van der Waals surface area contributed by atoms with Crippen LogP contribution in [0.25, 0.3) is 0 Å². The van der Waals surface area contributed by atoms with Gasteiger partial charge < -0.3 is 9.64 Å². The van der Waals surface area contributed by atoms with Crippen LogP contribution in [-0.4, -0.2) is 64.8 Å². The molecule has 1 aromatic rings. The Morgan fingerprint density at radius 1 is 1.11 bits per heavy atom. The Hall–Kier alpha value is -1.65. The standard InChI is InChI=1S/C18H26N2O6S2/c1-3-27(22,23)15-8-11-19(12-9-15)28(24,25)17-13-14(6-7-16(17)26-2)20-10-4-5-18(20)21/h6-7,13,15H,3-5,8-12H2,1-2H3. The van der Waals surface area contributed by atoms with E-state index in [1.165, 1.54) is 17.5 Å². The third-order valence-corrected chi connectivity index (χ3v) is 9.67. The highest BCUT2D eigenvalue weighted by molar-refractivity contribution is 7.92. The number of sulfonamides is 1. The lowest BCUT2D eigenvalue weighted by atomic mass is 10.2. The van der Waals surface area contributed by atoms with Crippen LogP contribution >= 0.6 is 0 Å². The molecular weight excluding hydrogens is 404 g/mol. The smallest absolute Gasteiger partial charge is 0.246 e. The minimum atomic E-state index is -3.87. The first-order chi connectivity index (χ1) is 13.2. The fourth-order valence-electron chi connectivity index (χ4n) is 3.76. The van der Waals surface area contributed by atoms with Crippen LogP contribution in [0.3, 0.4) is 0 Å². The first-order valence-corrected chi connectivity index (χ1v) is 12.6. The summed E-state index contributed by atoms with van der Waals surface area (Å²) in [5, 5.41) is -0.501.